The van der Waals surface area contributed by atoms with Crippen LogP contribution in [0.1, 0.15) is 0 Å². The number of anilines is 2. The van der Waals surface area contributed by atoms with Crippen molar-refractivity contribution in [1.29, 1.82) is 0 Å². The van der Waals surface area contributed by atoms with Gasteiger partial charge in [0, 0.05) is 45.8 Å². The van der Waals surface area contributed by atoms with E-state index in [-0.39, 0.29) is 6.10 Å². The van der Waals surface area contributed by atoms with Gasteiger partial charge in [0.2, 0.25) is 0 Å². The zero-order valence-corrected chi connectivity index (χ0v) is 9.99. The van der Waals surface area contributed by atoms with Gasteiger partial charge in [-0.15, -0.1) is 0 Å². The Bertz CT molecular complexity index is 307. The topological polar surface area (TPSA) is 55.4 Å². The molecule has 1 aromatic rings. The summed E-state index contributed by atoms with van der Waals surface area (Å²) in [6, 6.07) is 3.86. The lowest BCUT2D eigenvalue weighted by Crippen LogP contribution is -2.26. The zero-order chi connectivity index (χ0) is 11.8. The minimum Gasteiger partial charge on any atom is -0.382 e. The molecule has 0 saturated heterocycles. The Balaban J connectivity index is 2.46. The average Bonchev–Trinajstić information content (AvgIpc) is 2.34. The smallest absolute Gasteiger partial charge is 0.127 e. The Labute approximate surface area is 96.2 Å². The van der Waals surface area contributed by atoms with Crippen molar-refractivity contribution in [2.24, 2.45) is 0 Å². The minimum absolute atomic E-state index is 0.0520. The summed E-state index contributed by atoms with van der Waals surface area (Å²) in [5, 5.41) is 6.26. The summed E-state index contributed by atoms with van der Waals surface area (Å²) < 4.78 is 10.3. The summed E-state index contributed by atoms with van der Waals surface area (Å²) >= 11 is 0. The molecule has 1 rings (SSSR count). The molecule has 1 unspecified atom stereocenters. The largest absolute Gasteiger partial charge is 0.382 e. The predicted octanol–water partition coefficient (Wildman–Crippen LogP) is 1.20. The summed E-state index contributed by atoms with van der Waals surface area (Å²) in [5.41, 5.74) is 1.01. The normalized spacial score (nSPS) is 12.2. The van der Waals surface area contributed by atoms with Crippen molar-refractivity contribution in [1.82, 2.24) is 4.98 Å². The molecule has 0 bridgehead atoms. The minimum atomic E-state index is 0.0520. The summed E-state index contributed by atoms with van der Waals surface area (Å²) in [7, 11) is 5.18. The van der Waals surface area contributed by atoms with Gasteiger partial charge in [0.05, 0.1) is 12.7 Å². The lowest BCUT2D eigenvalue weighted by molar-refractivity contribution is 0.0365. The van der Waals surface area contributed by atoms with Crippen LogP contribution >= 0.6 is 0 Å². The van der Waals surface area contributed by atoms with Crippen LogP contribution in [0.2, 0.25) is 0 Å². The maximum Gasteiger partial charge on any atom is 0.127 e. The molecular formula is C11H19N3O2. The van der Waals surface area contributed by atoms with Gasteiger partial charge in [-0.1, -0.05) is 0 Å². The van der Waals surface area contributed by atoms with E-state index in [0.717, 1.165) is 11.5 Å². The Morgan fingerprint density at radius 3 is 2.88 bits per heavy atom. The maximum absolute atomic E-state index is 5.25. The van der Waals surface area contributed by atoms with Gasteiger partial charge < -0.3 is 20.1 Å². The Hall–Kier alpha value is -1.33. The van der Waals surface area contributed by atoms with Crippen LogP contribution in [-0.4, -0.2) is 45.5 Å². The van der Waals surface area contributed by atoms with Crippen molar-refractivity contribution in [3.05, 3.63) is 18.3 Å². The van der Waals surface area contributed by atoms with Gasteiger partial charge in [-0.2, -0.15) is 0 Å². The number of hydrogen-bond donors (Lipinski definition) is 2. The monoisotopic (exact) mass is 225 g/mol. The molecule has 0 amide bonds. The van der Waals surface area contributed by atoms with Gasteiger partial charge in [-0.3, -0.25) is 0 Å². The quantitative estimate of drug-likeness (QED) is 0.730. The van der Waals surface area contributed by atoms with E-state index in [1.54, 1.807) is 20.4 Å². The second-order valence-corrected chi connectivity index (χ2v) is 3.37. The number of aromatic nitrogens is 1. The highest BCUT2D eigenvalue weighted by Gasteiger charge is 2.06. The molecule has 0 spiro atoms. The number of nitrogens with zero attached hydrogens (tertiary/aromatic N) is 1. The summed E-state index contributed by atoms with van der Waals surface area (Å²) in [6.07, 6.45) is 1.81. The molecule has 1 atom stereocenters. The summed E-state index contributed by atoms with van der Waals surface area (Å²) in [5.74, 6) is 0.839. The third-order valence-corrected chi connectivity index (χ3v) is 2.24. The van der Waals surface area contributed by atoms with Crippen LogP contribution in [0.5, 0.6) is 0 Å². The van der Waals surface area contributed by atoms with Crippen molar-refractivity contribution in [2.45, 2.75) is 6.10 Å². The number of hydrogen-bond acceptors (Lipinski definition) is 5. The standard InChI is InChI=1S/C11H19N3O2/c1-12-11-6-9(4-5-13-11)14-7-10(16-3)8-15-2/h4-6,10H,7-8H2,1-3H3,(H2,12,13,14). The molecule has 1 heterocycles. The summed E-state index contributed by atoms with van der Waals surface area (Å²) in [4.78, 5) is 4.13. The van der Waals surface area contributed by atoms with Crippen molar-refractivity contribution in [3.63, 3.8) is 0 Å². The van der Waals surface area contributed by atoms with Crippen molar-refractivity contribution in [3.8, 4) is 0 Å². The number of nitrogens with one attached hydrogen (secondary N) is 2. The van der Waals surface area contributed by atoms with Gasteiger partial charge in [-0.25, -0.2) is 4.98 Å². The van der Waals surface area contributed by atoms with Crippen LogP contribution in [0.25, 0.3) is 0 Å². The van der Waals surface area contributed by atoms with Crippen LogP contribution < -0.4 is 10.6 Å². The molecule has 5 heteroatoms. The number of pyridine rings is 1. The molecule has 0 fully saturated rings. The van der Waals surface area contributed by atoms with Gasteiger partial charge in [0.1, 0.15) is 5.82 Å². The van der Waals surface area contributed by atoms with E-state index >= 15 is 0 Å². The molecule has 0 aliphatic carbocycles. The van der Waals surface area contributed by atoms with E-state index in [4.69, 9.17) is 9.47 Å². The number of methoxy groups -OCH3 is 2. The fraction of sp³-hybridized carbons (Fsp3) is 0.545. The summed E-state index contributed by atoms with van der Waals surface area (Å²) in [6.45, 7) is 1.28. The average molecular weight is 225 g/mol. The van der Waals surface area contributed by atoms with Crippen LogP contribution in [0.4, 0.5) is 11.5 Å². The highest BCUT2D eigenvalue weighted by atomic mass is 16.5. The molecule has 1 aromatic heterocycles. The second kappa shape index (κ2) is 7.03. The molecule has 0 radical (unpaired) electrons. The van der Waals surface area contributed by atoms with Crippen LogP contribution in [0, 0.1) is 0 Å². The number of ether oxygens (including phenoxy) is 2. The molecule has 2 N–H and O–H groups in total. The molecule has 0 aliphatic rings. The first-order valence-electron chi connectivity index (χ1n) is 5.19. The lowest BCUT2D eigenvalue weighted by Gasteiger charge is -2.16. The predicted molar refractivity (Wildman–Crippen MR) is 64.9 cm³/mol. The van der Waals surface area contributed by atoms with Crippen molar-refractivity contribution >= 4 is 11.5 Å². The van der Waals surface area contributed by atoms with E-state index in [2.05, 4.69) is 15.6 Å². The first-order chi connectivity index (χ1) is 7.80. The fourth-order valence-electron chi connectivity index (χ4n) is 1.31. The van der Waals surface area contributed by atoms with E-state index in [0.29, 0.717) is 13.2 Å². The highest BCUT2D eigenvalue weighted by molar-refractivity contribution is 5.51. The van der Waals surface area contributed by atoms with Gasteiger partial charge in [0.15, 0.2) is 0 Å². The van der Waals surface area contributed by atoms with E-state index < -0.39 is 0 Å². The second-order valence-electron chi connectivity index (χ2n) is 3.37. The van der Waals surface area contributed by atoms with E-state index in [1.807, 2.05) is 19.2 Å². The third-order valence-electron chi connectivity index (χ3n) is 2.24. The molecule has 0 aliphatic heterocycles. The molecular weight excluding hydrogens is 206 g/mol. The third kappa shape index (κ3) is 4.04. The Morgan fingerprint density at radius 2 is 2.25 bits per heavy atom. The number of rotatable bonds is 7. The zero-order valence-electron chi connectivity index (χ0n) is 9.99. The molecule has 16 heavy (non-hydrogen) atoms. The van der Waals surface area contributed by atoms with Gasteiger partial charge in [0.25, 0.3) is 0 Å². The van der Waals surface area contributed by atoms with Gasteiger partial charge >= 0.3 is 0 Å². The van der Waals surface area contributed by atoms with Crippen LogP contribution in [-0.2, 0) is 9.47 Å². The van der Waals surface area contributed by atoms with Crippen LogP contribution in [0.3, 0.4) is 0 Å². The van der Waals surface area contributed by atoms with E-state index in [1.165, 1.54) is 0 Å². The lowest BCUT2D eigenvalue weighted by atomic mass is 10.3. The van der Waals surface area contributed by atoms with Crippen molar-refractivity contribution < 1.29 is 9.47 Å². The first-order valence-corrected chi connectivity index (χ1v) is 5.19. The fourth-order valence-corrected chi connectivity index (χ4v) is 1.31. The highest BCUT2D eigenvalue weighted by Crippen LogP contribution is 2.11. The maximum atomic E-state index is 5.25. The molecule has 90 valence electrons. The molecule has 0 saturated carbocycles. The molecule has 0 aromatic carbocycles. The van der Waals surface area contributed by atoms with Crippen LogP contribution in [0.15, 0.2) is 18.3 Å². The van der Waals surface area contributed by atoms with Gasteiger partial charge in [-0.05, 0) is 6.07 Å². The molecule has 5 nitrogen and oxygen atoms in total. The van der Waals surface area contributed by atoms with Crippen molar-refractivity contribution in [2.75, 3.05) is 45.1 Å². The SMILES string of the molecule is CNc1cc(NCC(COC)OC)ccn1. The Morgan fingerprint density at radius 1 is 1.44 bits per heavy atom. The first kappa shape index (κ1) is 12.7. The van der Waals surface area contributed by atoms with E-state index in [9.17, 15) is 0 Å². The Kier molecular flexibility index (Phi) is 5.60.